The van der Waals surface area contributed by atoms with Crippen molar-refractivity contribution in [1.29, 1.82) is 0 Å². The second-order valence-electron chi connectivity index (χ2n) is 4.83. The first kappa shape index (κ1) is 14.9. The van der Waals surface area contributed by atoms with Gasteiger partial charge >= 0.3 is 0 Å². The lowest BCUT2D eigenvalue weighted by Crippen LogP contribution is -2.34. The average molecular weight is 351 g/mol. The van der Waals surface area contributed by atoms with Gasteiger partial charge in [-0.2, -0.15) is 0 Å². The van der Waals surface area contributed by atoms with E-state index in [9.17, 15) is 12.8 Å². The van der Waals surface area contributed by atoms with Crippen molar-refractivity contribution in [3.63, 3.8) is 0 Å². The molecule has 0 radical (unpaired) electrons. The summed E-state index contributed by atoms with van der Waals surface area (Å²) >= 11 is 3.17. The highest BCUT2D eigenvalue weighted by Gasteiger charge is 2.32. The zero-order valence-electron chi connectivity index (χ0n) is 10.5. The molecule has 106 valence electrons. The van der Waals surface area contributed by atoms with Crippen LogP contribution in [0.3, 0.4) is 0 Å². The topological polar surface area (TPSA) is 72.2 Å². The Kier molecular flexibility index (Phi) is 4.29. The Morgan fingerprint density at radius 2 is 2.16 bits per heavy atom. The first-order valence-corrected chi connectivity index (χ1v) is 8.33. The molecule has 3 N–H and O–H groups in total. The van der Waals surface area contributed by atoms with Crippen LogP contribution in [0.15, 0.2) is 21.5 Å². The molecule has 1 aromatic rings. The number of rotatable bonds is 5. The molecule has 4 nitrogen and oxygen atoms in total. The second-order valence-corrected chi connectivity index (χ2v) is 7.43. The number of benzene rings is 1. The summed E-state index contributed by atoms with van der Waals surface area (Å²) < 4.78 is 41.5. The quantitative estimate of drug-likeness (QED) is 0.854. The number of hydrogen-bond donors (Lipinski definition) is 2. The van der Waals surface area contributed by atoms with Crippen LogP contribution < -0.4 is 10.5 Å². The van der Waals surface area contributed by atoms with Gasteiger partial charge in [-0.3, -0.25) is 0 Å². The van der Waals surface area contributed by atoms with Crippen LogP contribution >= 0.6 is 15.9 Å². The van der Waals surface area contributed by atoms with Gasteiger partial charge in [0.1, 0.15) is 10.7 Å². The molecule has 1 saturated carbocycles. The second kappa shape index (κ2) is 5.47. The highest BCUT2D eigenvalue weighted by atomic mass is 79.9. The van der Waals surface area contributed by atoms with Gasteiger partial charge in [0, 0.05) is 22.6 Å². The third-order valence-electron chi connectivity index (χ3n) is 3.26. The predicted molar refractivity (Wildman–Crippen MR) is 74.5 cm³/mol. The van der Waals surface area contributed by atoms with Crippen molar-refractivity contribution in [2.45, 2.75) is 37.2 Å². The Balaban J connectivity index is 2.36. The van der Waals surface area contributed by atoms with Gasteiger partial charge in [0.05, 0.1) is 0 Å². The van der Waals surface area contributed by atoms with Gasteiger partial charge in [-0.25, -0.2) is 17.5 Å². The summed E-state index contributed by atoms with van der Waals surface area (Å²) in [5.74, 6) is -0.417. The Labute approximate surface area is 120 Å². The van der Waals surface area contributed by atoms with Crippen LogP contribution in [0.2, 0.25) is 0 Å². The molecule has 7 heteroatoms. The van der Waals surface area contributed by atoms with E-state index in [4.69, 9.17) is 5.73 Å². The molecule has 0 amide bonds. The van der Waals surface area contributed by atoms with Crippen LogP contribution in [0.5, 0.6) is 0 Å². The lowest BCUT2D eigenvalue weighted by atomic mass is 10.2. The molecular weight excluding hydrogens is 335 g/mol. The largest absolute Gasteiger partial charge is 0.326 e. The summed E-state index contributed by atoms with van der Waals surface area (Å²) in [6, 6.07) is 2.57. The molecule has 1 aliphatic carbocycles. The fourth-order valence-electron chi connectivity index (χ4n) is 1.96. The highest BCUT2D eigenvalue weighted by molar-refractivity contribution is 9.10. The average Bonchev–Trinajstić information content (AvgIpc) is 3.14. The van der Waals surface area contributed by atoms with Gasteiger partial charge in [0.15, 0.2) is 0 Å². The number of nitrogens with one attached hydrogen (secondary N) is 1. The van der Waals surface area contributed by atoms with Gasteiger partial charge < -0.3 is 5.73 Å². The molecule has 0 bridgehead atoms. The fraction of sp³-hybridized carbons (Fsp3) is 0.500. The van der Waals surface area contributed by atoms with E-state index in [0.717, 1.165) is 12.8 Å². The standard InChI is InChI=1S/C12H16BrFN2O2S/c1-7(8-2-3-8)16-19(17,18)11-5-10(13)4-9(6-15)12(11)14/h4-5,7-8,16H,2-3,6,15H2,1H3. The molecule has 0 heterocycles. The Hall–Kier alpha value is -0.500. The number of hydrogen-bond acceptors (Lipinski definition) is 3. The maximum Gasteiger partial charge on any atom is 0.243 e. The minimum atomic E-state index is -3.86. The first-order chi connectivity index (χ1) is 8.85. The summed E-state index contributed by atoms with van der Waals surface area (Å²) in [4.78, 5) is -0.352. The van der Waals surface area contributed by atoms with Crippen LogP contribution in [0, 0.1) is 11.7 Å². The summed E-state index contributed by atoms with van der Waals surface area (Å²) in [5.41, 5.74) is 5.59. The van der Waals surface area contributed by atoms with Crippen LogP contribution in [0.4, 0.5) is 4.39 Å². The maximum atomic E-state index is 14.1. The maximum absolute atomic E-state index is 14.1. The van der Waals surface area contributed by atoms with Crippen molar-refractivity contribution in [3.8, 4) is 0 Å². The van der Waals surface area contributed by atoms with Gasteiger partial charge in [-0.05, 0) is 37.8 Å². The molecule has 1 fully saturated rings. The van der Waals surface area contributed by atoms with Crippen molar-refractivity contribution >= 4 is 26.0 Å². The summed E-state index contributed by atoms with van der Waals surface area (Å²) in [6.07, 6.45) is 2.03. The summed E-state index contributed by atoms with van der Waals surface area (Å²) in [6.45, 7) is 1.75. The van der Waals surface area contributed by atoms with Crippen LogP contribution in [-0.2, 0) is 16.6 Å². The van der Waals surface area contributed by atoms with Crippen molar-refractivity contribution in [1.82, 2.24) is 4.72 Å². The molecule has 2 rings (SSSR count). The zero-order valence-corrected chi connectivity index (χ0v) is 12.9. The monoisotopic (exact) mass is 350 g/mol. The molecule has 0 spiro atoms. The van der Waals surface area contributed by atoms with E-state index in [1.54, 1.807) is 6.92 Å². The normalized spacial score (nSPS) is 17.5. The summed E-state index contributed by atoms with van der Waals surface area (Å²) in [5, 5.41) is 0. The highest BCUT2D eigenvalue weighted by Crippen LogP contribution is 2.33. The summed E-state index contributed by atoms with van der Waals surface area (Å²) in [7, 11) is -3.86. The predicted octanol–water partition coefficient (Wildman–Crippen LogP) is 2.12. The SMILES string of the molecule is CC(NS(=O)(=O)c1cc(Br)cc(CN)c1F)C1CC1. The van der Waals surface area contributed by atoms with Crippen LogP contribution in [0.25, 0.3) is 0 Å². The lowest BCUT2D eigenvalue weighted by Gasteiger charge is -2.15. The van der Waals surface area contributed by atoms with Crippen molar-refractivity contribution < 1.29 is 12.8 Å². The molecule has 19 heavy (non-hydrogen) atoms. The van der Waals surface area contributed by atoms with E-state index in [-0.39, 0.29) is 23.0 Å². The molecule has 1 unspecified atom stereocenters. The van der Waals surface area contributed by atoms with E-state index < -0.39 is 15.8 Å². The Morgan fingerprint density at radius 1 is 1.53 bits per heavy atom. The molecule has 1 atom stereocenters. The smallest absolute Gasteiger partial charge is 0.243 e. The molecule has 1 aromatic carbocycles. The molecule has 0 aliphatic heterocycles. The van der Waals surface area contributed by atoms with Gasteiger partial charge in [0.25, 0.3) is 0 Å². The Morgan fingerprint density at radius 3 is 2.68 bits per heavy atom. The first-order valence-electron chi connectivity index (χ1n) is 6.05. The van der Waals surface area contributed by atoms with Gasteiger partial charge in [-0.15, -0.1) is 0 Å². The minimum absolute atomic E-state index is 0.0496. The van der Waals surface area contributed by atoms with Gasteiger partial charge in [-0.1, -0.05) is 15.9 Å². The van der Waals surface area contributed by atoms with E-state index >= 15 is 0 Å². The lowest BCUT2D eigenvalue weighted by molar-refractivity contribution is 0.523. The van der Waals surface area contributed by atoms with Gasteiger partial charge in [0.2, 0.25) is 10.0 Å². The number of halogens is 2. The molecule has 0 saturated heterocycles. The molecule has 1 aliphatic rings. The van der Waals surface area contributed by atoms with E-state index in [2.05, 4.69) is 20.7 Å². The van der Waals surface area contributed by atoms with Crippen molar-refractivity contribution in [3.05, 3.63) is 28.0 Å². The van der Waals surface area contributed by atoms with Crippen LogP contribution in [0.1, 0.15) is 25.3 Å². The molecular formula is C12H16BrFN2O2S. The third-order valence-corrected chi connectivity index (χ3v) is 5.27. The zero-order chi connectivity index (χ0) is 14.2. The molecule has 0 aromatic heterocycles. The van der Waals surface area contributed by atoms with E-state index in [1.807, 2.05) is 0 Å². The van der Waals surface area contributed by atoms with Crippen LogP contribution in [-0.4, -0.2) is 14.5 Å². The fourth-order valence-corrected chi connectivity index (χ4v) is 4.08. The van der Waals surface area contributed by atoms with E-state index in [0.29, 0.717) is 10.4 Å². The Bertz CT molecular complexity index is 588. The van der Waals surface area contributed by atoms with E-state index in [1.165, 1.54) is 12.1 Å². The van der Waals surface area contributed by atoms with Crippen molar-refractivity contribution in [2.75, 3.05) is 0 Å². The minimum Gasteiger partial charge on any atom is -0.326 e. The van der Waals surface area contributed by atoms with Crippen molar-refractivity contribution in [2.24, 2.45) is 11.7 Å². The third kappa shape index (κ3) is 3.34. The number of sulfonamides is 1. The number of nitrogens with two attached hydrogens (primary N) is 1.